The minimum absolute atomic E-state index is 0.0388. The maximum absolute atomic E-state index is 13.3. The lowest BCUT2D eigenvalue weighted by Gasteiger charge is -2.37. The number of fused-ring (bicyclic) bond motifs is 1. The van der Waals surface area contributed by atoms with Crippen molar-refractivity contribution in [2.75, 3.05) is 26.2 Å². The topological polar surface area (TPSA) is 131 Å². The second-order valence-corrected chi connectivity index (χ2v) is 10.9. The number of hydrogen-bond donors (Lipinski definition) is 1. The van der Waals surface area contributed by atoms with Crippen LogP contribution < -0.4 is 5.73 Å². The first kappa shape index (κ1) is 22.7. The van der Waals surface area contributed by atoms with Crippen molar-refractivity contribution in [1.82, 2.24) is 24.2 Å². The Kier molecular flexibility index (Phi) is 6.22. The number of amides is 2. The number of likely N-dealkylation sites (tertiary alicyclic amines) is 1. The van der Waals surface area contributed by atoms with E-state index in [4.69, 9.17) is 5.73 Å². The van der Waals surface area contributed by atoms with Gasteiger partial charge in [-0.25, -0.2) is 13.1 Å². The summed E-state index contributed by atoms with van der Waals surface area (Å²) in [6.45, 7) is 5.48. The molecule has 1 aromatic carbocycles. The number of rotatable bonds is 5. The van der Waals surface area contributed by atoms with Crippen LogP contribution in [0, 0.1) is 11.8 Å². The van der Waals surface area contributed by atoms with Crippen molar-refractivity contribution in [3.8, 4) is 0 Å². The highest BCUT2D eigenvalue weighted by molar-refractivity contribution is 7.89. The van der Waals surface area contributed by atoms with Crippen LogP contribution in [-0.2, 0) is 19.6 Å². The van der Waals surface area contributed by atoms with E-state index >= 15 is 0 Å². The molecular formula is C21H30N6O4S. The van der Waals surface area contributed by atoms with Crippen LogP contribution in [0.2, 0.25) is 0 Å². The normalized spacial score (nSPS) is 21.3. The van der Waals surface area contributed by atoms with E-state index in [0.29, 0.717) is 50.8 Å². The number of benzene rings is 1. The number of piperidine rings is 2. The molecule has 4 rings (SSSR count). The molecule has 0 aliphatic carbocycles. The molecule has 0 bridgehead atoms. The van der Waals surface area contributed by atoms with E-state index in [2.05, 4.69) is 10.3 Å². The maximum atomic E-state index is 13.3. The molecule has 2 fully saturated rings. The SMILES string of the molecule is CC(C)n1nnc2cc(S(=O)(=O)N3CCC[C@H](C(=O)N4CCC(C(N)=O)CC4)C3)ccc21. The summed E-state index contributed by atoms with van der Waals surface area (Å²) in [5.41, 5.74) is 6.69. The number of nitrogens with two attached hydrogens (primary N) is 1. The van der Waals surface area contributed by atoms with Crippen molar-refractivity contribution < 1.29 is 18.0 Å². The summed E-state index contributed by atoms with van der Waals surface area (Å²) < 4.78 is 29.8. The molecule has 3 heterocycles. The molecule has 2 aliphatic heterocycles. The monoisotopic (exact) mass is 462 g/mol. The Morgan fingerprint density at radius 2 is 1.81 bits per heavy atom. The predicted octanol–water partition coefficient (Wildman–Crippen LogP) is 1.14. The van der Waals surface area contributed by atoms with Crippen LogP contribution in [0.1, 0.15) is 45.6 Å². The number of aromatic nitrogens is 3. The summed E-state index contributed by atoms with van der Waals surface area (Å²) in [6.07, 6.45) is 2.40. The third-order valence-corrected chi connectivity index (χ3v) is 8.37. The van der Waals surface area contributed by atoms with Gasteiger partial charge in [-0.05, 0) is 57.7 Å². The molecule has 11 heteroatoms. The molecule has 2 aliphatic rings. The Bertz CT molecular complexity index is 1120. The average Bonchev–Trinajstić information content (AvgIpc) is 3.22. The van der Waals surface area contributed by atoms with Gasteiger partial charge in [0, 0.05) is 38.1 Å². The van der Waals surface area contributed by atoms with Gasteiger partial charge >= 0.3 is 0 Å². The number of carbonyl (C=O) groups excluding carboxylic acids is 2. The molecule has 0 radical (unpaired) electrons. The summed E-state index contributed by atoms with van der Waals surface area (Å²) >= 11 is 0. The Morgan fingerprint density at radius 3 is 2.47 bits per heavy atom. The maximum Gasteiger partial charge on any atom is 0.243 e. The van der Waals surface area contributed by atoms with Crippen LogP contribution >= 0.6 is 0 Å². The van der Waals surface area contributed by atoms with E-state index < -0.39 is 10.0 Å². The first-order valence-corrected chi connectivity index (χ1v) is 12.6. The second kappa shape index (κ2) is 8.78. The van der Waals surface area contributed by atoms with Crippen LogP contribution in [0.4, 0.5) is 0 Å². The fourth-order valence-corrected chi connectivity index (χ4v) is 6.16. The highest BCUT2D eigenvalue weighted by Crippen LogP contribution is 2.28. The molecule has 0 saturated carbocycles. The quantitative estimate of drug-likeness (QED) is 0.709. The molecule has 1 aromatic heterocycles. The average molecular weight is 463 g/mol. The minimum Gasteiger partial charge on any atom is -0.369 e. The number of carbonyl (C=O) groups is 2. The fraction of sp³-hybridized carbons (Fsp3) is 0.619. The van der Waals surface area contributed by atoms with E-state index in [9.17, 15) is 18.0 Å². The molecule has 10 nitrogen and oxygen atoms in total. The van der Waals surface area contributed by atoms with Gasteiger partial charge in [-0.3, -0.25) is 9.59 Å². The summed E-state index contributed by atoms with van der Waals surface area (Å²) in [5, 5.41) is 8.23. The Hall–Kier alpha value is -2.53. The van der Waals surface area contributed by atoms with Crippen LogP contribution in [0.3, 0.4) is 0 Å². The van der Waals surface area contributed by atoms with Crippen LogP contribution in [-0.4, -0.2) is 70.6 Å². The molecule has 1 atom stereocenters. The zero-order valence-electron chi connectivity index (χ0n) is 18.5. The lowest BCUT2D eigenvalue weighted by molar-refractivity contribution is -0.139. The zero-order valence-corrected chi connectivity index (χ0v) is 19.3. The van der Waals surface area contributed by atoms with Crippen molar-refractivity contribution in [1.29, 1.82) is 0 Å². The second-order valence-electron chi connectivity index (χ2n) is 8.98. The summed E-state index contributed by atoms with van der Waals surface area (Å²) in [5.74, 6) is -0.930. The molecule has 0 unspecified atom stereocenters. The van der Waals surface area contributed by atoms with Gasteiger partial charge < -0.3 is 10.6 Å². The van der Waals surface area contributed by atoms with Gasteiger partial charge in [0.1, 0.15) is 5.52 Å². The molecule has 2 amide bonds. The summed E-state index contributed by atoms with van der Waals surface area (Å²) in [4.78, 5) is 26.3. The van der Waals surface area contributed by atoms with Crippen molar-refractivity contribution in [3.05, 3.63) is 18.2 Å². The number of nitrogens with zero attached hydrogens (tertiary/aromatic N) is 5. The van der Waals surface area contributed by atoms with Crippen LogP contribution in [0.5, 0.6) is 0 Å². The molecular weight excluding hydrogens is 432 g/mol. The van der Waals surface area contributed by atoms with Gasteiger partial charge in [-0.15, -0.1) is 5.10 Å². The first-order valence-electron chi connectivity index (χ1n) is 11.1. The van der Waals surface area contributed by atoms with E-state index in [1.54, 1.807) is 27.8 Å². The standard InChI is InChI=1S/C21H30N6O4S/c1-14(2)27-19-6-5-17(12-18(19)23-24-27)32(30,31)26-9-3-4-16(13-26)21(29)25-10-7-15(8-11-25)20(22)28/h5-6,12,14-16H,3-4,7-11,13H2,1-2H3,(H2,22,28)/t16-/m0/s1. The van der Waals surface area contributed by atoms with Crippen molar-refractivity contribution >= 4 is 32.9 Å². The minimum atomic E-state index is -3.76. The van der Waals surface area contributed by atoms with Crippen LogP contribution in [0.25, 0.3) is 11.0 Å². The lowest BCUT2D eigenvalue weighted by Crippen LogP contribution is -2.49. The molecule has 32 heavy (non-hydrogen) atoms. The first-order chi connectivity index (χ1) is 15.2. The van der Waals surface area contributed by atoms with Gasteiger partial charge in [0.25, 0.3) is 0 Å². The van der Waals surface area contributed by atoms with E-state index in [1.165, 1.54) is 4.31 Å². The van der Waals surface area contributed by atoms with Gasteiger partial charge in [0.2, 0.25) is 21.8 Å². The molecule has 2 saturated heterocycles. The third kappa shape index (κ3) is 4.23. The number of hydrogen-bond acceptors (Lipinski definition) is 6. The largest absolute Gasteiger partial charge is 0.369 e. The summed E-state index contributed by atoms with van der Waals surface area (Å²) in [7, 11) is -3.76. The zero-order chi connectivity index (χ0) is 23.0. The fourth-order valence-electron chi connectivity index (χ4n) is 4.62. The third-order valence-electron chi connectivity index (χ3n) is 6.51. The summed E-state index contributed by atoms with van der Waals surface area (Å²) in [6, 6.07) is 4.98. The lowest BCUT2D eigenvalue weighted by atomic mass is 9.93. The van der Waals surface area contributed by atoms with Gasteiger partial charge in [-0.1, -0.05) is 5.21 Å². The van der Waals surface area contributed by atoms with Crippen molar-refractivity contribution in [3.63, 3.8) is 0 Å². The van der Waals surface area contributed by atoms with E-state index in [0.717, 1.165) is 5.52 Å². The molecule has 2 N–H and O–H groups in total. The van der Waals surface area contributed by atoms with Gasteiger partial charge in [0.05, 0.1) is 16.3 Å². The Balaban J connectivity index is 1.48. The molecule has 2 aromatic rings. The van der Waals surface area contributed by atoms with Crippen LogP contribution in [0.15, 0.2) is 23.1 Å². The Labute approximate surface area is 187 Å². The number of sulfonamides is 1. The van der Waals surface area contributed by atoms with E-state index in [1.807, 2.05) is 13.8 Å². The number of primary amides is 1. The predicted molar refractivity (Wildman–Crippen MR) is 118 cm³/mol. The Morgan fingerprint density at radius 1 is 1.09 bits per heavy atom. The van der Waals surface area contributed by atoms with Crippen molar-refractivity contribution in [2.24, 2.45) is 17.6 Å². The highest BCUT2D eigenvalue weighted by Gasteiger charge is 2.36. The van der Waals surface area contributed by atoms with Crippen molar-refractivity contribution in [2.45, 2.75) is 50.5 Å². The van der Waals surface area contributed by atoms with E-state index in [-0.39, 0.29) is 41.1 Å². The van der Waals surface area contributed by atoms with Gasteiger partial charge in [-0.2, -0.15) is 4.31 Å². The molecule has 0 spiro atoms. The highest BCUT2D eigenvalue weighted by atomic mass is 32.2. The molecule has 174 valence electrons. The smallest absolute Gasteiger partial charge is 0.243 e. The van der Waals surface area contributed by atoms with Gasteiger partial charge in [0.15, 0.2) is 0 Å².